The highest BCUT2D eigenvalue weighted by molar-refractivity contribution is 9.10. The van der Waals surface area contributed by atoms with Crippen LogP contribution in [0.15, 0.2) is 22.7 Å². The summed E-state index contributed by atoms with van der Waals surface area (Å²) in [6.07, 6.45) is 2.28. The fourth-order valence-corrected chi connectivity index (χ4v) is 2.74. The van der Waals surface area contributed by atoms with E-state index in [-0.39, 0.29) is 11.9 Å². The van der Waals surface area contributed by atoms with Gasteiger partial charge < -0.3 is 5.32 Å². The number of nitrogens with one attached hydrogen (secondary N) is 1. The predicted octanol–water partition coefficient (Wildman–Crippen LogP) is 4.28. The molecule has 0 spiro atoms. The van der Waals surface area contributed by atoms with E-state index >= 15 is 0 Å². The summed E-state index contributed by atoms with van der Waals surface area (Å²) in [5.74, 6) is 1.20. The molecule has 1 N–H and O–H groups in total. The largest absolute Gasteiger partial charge is 0.310 e. The molecule has 1 aliphatic carbocycles. The molecule has 1 aliphatic rings. The van der Waals surface area contributed by atoms with Crippen LogP contribution in [0.1, 0.15) is 38.3 Å². The van der Waals surface area contributed by atoms with Crippen molar-refractivity contribution in [2.75, 3.05) is 6.54 Å². The molecule has 17 heavy (non-hydrogen) atoms. The zero-order valence-corrected chi connectivity index (χ0v) is 11.9. The topological polar surface area (TPSA) is 12.0 Å². The number of rotatable bonds is 5. The molecule has 3 atom stereocenters. The second kappa shape index (κ2) is 5.49. The third-order valence-corrected chi connectivity index (χ3v) is 4.00. The van der Waals surface area contributed by atoms with E-state index < -0.39 is 0 Å². The molecule has 2 rings (SSSR count). The van der Waals surface area contributed by atoms with E-state index in [1.165, 1.54) is 6.42 Å². The van der Waals surface area contributed by atoms with Crippen LogP contribution in [0.4, 0.5) is 4.39 Å². The summed E-state index contributed by atoms with van der Waals surface area (Å²) in [5.41, 5.74) is 0.808. The summed E-state index contributed by atoms with van der Waals surface area (Å²) < 4.78 is 14.9. The second-order valence-electron chi connectivity index (χ2n) is 4.97. The van der Waals surface area contributed by atoms with Crippen molar-refractivity contribution in [1.82, 2.24) is 5.32 Å². The summed E-state index contributed by atoms with van der Waals surface area (Å²) in [6, 6.07) is 5.38. The number of benzene rings is 1. The van der Waals surface area contributed by atoms with E-state index in [0.717, 1.165) is 23.0 Å². The first kappa shape index (κ1) is 13.0. The standard InChI is InChI=1S/C14H19BrFN/c1-3-6-17-14(11-7-9(11)2)12-8-10(15)4-5-13(12)16/h4-5,8-9,11,14,17H,3,6-7H2,1-2H3. The fraction of sp³-hybridized carbons (Fsp3) is 0.571. The SMILES string of the molecule is CCCNC(c1cc(Br)ccc1F)C1CC1C. The molecule has 0 heterocycles. The molecule has 0 amide bonds. The van der Waals surface area contributed by atoms with Crippen LogP contribution in [0.3, 0.4) is 0 Å². The number of hydrogen-bond acceptors (Lipinski definition) is 1. The Morgan fingerprint density at radius 2 is 2.24 bits per heavy atom. The normalized spacial score (nSPS) is 24.7. The average Bonchev–Trinajstić information content (AvgIpc) is 3.01. The molecule has 1 fully saturated rings. The predicted molar refractivity (Wildman–Crippen MR) is 72.4 cm³/mol. The molecule has 3 heteroatoms. The molecule has 1 nitrogen and oxygen atoms in total. The van der Waals surface area contributed by atoms with Crippen molar-refractivity contribution in [2.24, 2.45) is 11.8 Å². The van der Waals surface area contributed by atoms with Crippen molar-refractivity contribution in [3.05, 3.63) is 34.1 Å². The highest BCUT2D eigenvalue weighted by Gasteiger charge is 2.40. The molecule has 0 bridgehead atoms. The minimum absolute atomic E-state index is 0.0964. The van der Waals surface area contributed by atoms with Crippen LogP contribution in [0.5, 0.6) is 0 Å². The fourth-order valence-electron chi connectivity index (χ4n) is 2.36. The lowest BCUT2D eigenvalue weighted by Gasteiger charge is -2.20. The first-order chi connectivity index (χ1) is 8.13. The van der Waals surface area contributed by atoms with E-state index in [2.05, 4.69) is 35.1 Å². The zero-order valence-electron chi connectivity index (χ0n) is 10.3. The Morgan fingerprint density at radius 3 is 2.82 bits per heavy atom. The van der Waals surface area contributed by atoms with E-state index in [4.69, 9.17) is 0 Å². The van der Waals surface area contributed by atoms with Crippen molar-refractivity contribution in [3.8, 4) is 0 Å². The molecule has 0 aromatic heterocycles. The Balaban J connectivity index is 2.21. The Labute approximate surface area is 111 Å². The molecule has 0 radical (unpaired) electrons. The maximum atomic E-state index is 13.9. The van der Waals surface area contributed by atoms with E-state index in [1.807, 2.05) is 6.07 Å². The van der Waals surface area contributed by atoms with Gasteiger partial charge in [-0.1, -0.05) is 29.8 Å². The van der Waals surface area contributed by atoms with Crippen LogP contribution >= 0.6 is 15.9 Å². The lowest BCUT2D eigenvalue weighted by atomic mass is 10.0. The van der Waals surface area contributed by atoms with Gasteiger partial charge in [0.15, 0.2) is 0 Å². The van der Waals surface area contributed by atoms with Crippen molar-refractivity contribution in [3.63, 3.8) is 0 Å². The molecule has 0 aliphatic heterocycles. The van der Waals surface area contributed by atoms with Gasteiger partial charge in [0, 0.05) is 16.1 Å². The van der Waals surface area contributed by atoms with E-state index in [0.29, 0.717) is 11.8 Å². The minimum Gasteiger partial charge on any atom is -0.310 e. The highest BCUT2D eigenvalue weighted by atomic mass is 79.9. The maximum Gasteiger partial charge on any atom is 0.128 e. The zero-order chi connectivity index (χ0) is 12.4. The molecular formula is C14H19BrFN. The Kier molecular flexibility index (Phi) is 4.21. The first-order valence-corrected chi connectivity index (χ1v) is 7.11. The van der Waals surface area contributed by atoms with Crippen molar-refractivity contribution in [2.45, 2.75) is 32.7 Å². The Bertz CT molecular complexity index is 394. The summed E-state index contributed by atoms with van der Waals surface area (Å²) in [7, 11) is 0. The third-order valence-electron chi connectivity index (χ3n) is 3.51. The van der Waals surface area contributed by atoms with Gasteiger partial charge in [-0.2, -0.15) is 0 Å². The van der Waals surface area contributed by atoms with Crippen LogP contribution in [-0.2, 0) is 0 Å². The summed E-state index contributed by atoms with van der Waals surface area (Å²) in [6.45, 7) is 5.32. The lowest BCUT2D eigenvalue weighted by molar-refractivity contribution is 0.442. The van der Waals surface area contributed by atoms with E-state index in [1.54, 1.807) is 12.1 Å². The monoisotopic (exact) mass is 299 g/mol. The van der Waals surface area contributed by atoms with Crippen molar-refractivity contribution >= 4 is 15.9 Å². The van der Waals surface area contributed by atoms with Gasteiger partial charge in [-0.15, -0.1) is 0 Å². The second-order valence-corrected chi connectivity index (χ2v) is 5.89. The minimum atomic E-state index is -0.0964. The third kappa shape index (κ3) is 3.08. The van der Waals surface area contributed by atoms with Gasteiger partial charge in [0.2, 0.25) is 0 Å². The van der Waals surface area contributed by atoms with Gasteiger partial charge in [0.1, 0.15) is 5.82 Å². The molecular weight excluding hydrogens is 281 g/mol. The highest BCUT2D eigenvalue weighted by Crippen LogP contribution is 2.47. The summed E-state index contributed by atoms with van der Waals surface area (Å²) >= 11 is 3.42. The quantitative estimate of drug-likeness (QED) is 0.855. The Hall–Kier alpha value is -0.410. The van der Waals surface area contributed by atoms with Crippen LogP contribution in [0.25, 0.3) is 0 Å². The average molecular weight is 300 g/mol. The van der Waals surface area contributed by atoms with Crippen molar-refractivity contribution < 1.29 is 4.39 Å². The maximum absolute atomic E-state index is 13.9. The first-order valence-electron chi connectivity index (χ1n) is 6.31. The van der Waals surface area contributed by atoms with Crippen molar-refractivity contribution in [1.29, 1.82) is 0 Å². The van der Waals surface area contributed by atoms with Gasteiger partial charge in [0.05, 0.1) is 0 Å². The van der Waals surface area contributed by atoms with Crippen LogP contribution in [-0.4, -0.2) is 6.54 Å². The summed E-state index contributed by atoms with van der Waals surface area (Å²) in [4.78, 5) is 0. The van der Waals surface area contributed by atoms with Gasteiger partial charge in [-0.25, -0.2) is 4.39 Å². The van der Waals surface area contributed by atoms with Crippen LogP contribution < -0.4 is 5.32 Å². The molecule has 94 valence electrons. The molecule has 0 saturated heterocycles. The summed E-state index contributed by atoms with van der Waals surface area (Å²) in [5, 5.41) is 3.49. The Morgan fingerprint density at radius 1 is 1.53 bits per heavy atom. The van der Waals surface area contributed by atoms with Crippen LogP contribution in [0, 0.1) is 17.7 Å². The molecule has 1 aromatic rings. The van der Waals surface area contributed by atoms with Gasteiger partial charge in [-0.3, -0.25) is 0 Å². The van der Waals surface area contributed by atoms with Gasteiger partial charge >= 0.3 is 0 Å². The molecule has 3 unspecified atom stereocenters. The van der Waals surface area contributed by atoms with Gasteiger partial charge in [-0.05, 0) is 49.4 Å². The number of hydrogen-bond donors (Lipinski definition) is 1. The number of halogens is 2. The molecule has 1 aromatic carbocycles. The smallest absolute Gasteiger partial charge is 0.128 e. The molecule has 1 saturated carbocycles. The van der Waals surface area contributed by atoms with Crippen LogP contribution in [0.2, 0.25) is 0 Å². The van der Waals surface area contributed by atoms with E-state index in [9.17, 15) is 4.39 Å². The lowest BCUT2D eigenvalue weighted by Crippen LogP contribution is -2.25. The van der Waals surface area contributed by atoms with Gasteiger partial charge in [0.25, 0.3) is 0 Å².